The molecule has 0 bridgehead atoms. The van der Waals surface area contributed by atoms with Crippen molar-refractivity contribution in [3.05, 3.63) is 130 Å². The van der Waals surface area contributed by atoms with Crippen LogP contribution in [-0.2, 0) is 0 Å². The van der Waals surface area contributed by atoms with Crippen LogP contribution >= 0.6 is 0 Å². The van der Waals surface area contributed by atoms with E-state index in [0.29, 0.717) is 51.2 Å². The molecule has 0 atom stereocenters. The molecule has 6 nitrogen and oxygen atoms in total. The van der Waals surface area contributed by atoms with E-state index in [2.05, 4.69) is 4.99 Å². The molecule has 0 unspecified atom stereocenters. The molecule has 4 aromatic carbocycles. The van der Waals surface area contributed by atoms with Crippen molar-refractivity contribution in [2.75, 3.05) is 6.61 Å². The molecule has 0 aliphatic heterocycles. The van der Waals surface area contributed by atoms with Crippen molar-refractivity contribution in [2.45, 2.75) is 6.92 Å². The van der Waals surface area contributed by atoms with E-state index in [1.54, 1.807) is 84.9 Å². The number of ether oxygens (including phenoxy) is 1. The number of rotatable bonds is 7. The fourth-order valence-corrected chi connectivity index (χ4v) is 4.24. The maximum Gasteiger partial charge on any atom is 0.265 e. The predicted molar refractivity (Wildman–Crippen MR) is 146 cm³/mol. The van der Waals surface area contributed by atoms with E-state index in [4.69, 9.17) is 4.74 Å². The van der Waals surface area contributed by atoms with Gasteiger partial charge in [0.1, 0.15) is 5.75 Å². The zero-order chi connectivity index (χ0) is 25.8. The average molecular weight is 489 g/mol. The number of carbonyl (C=O) groups excluding carboxylic acids is 1. The number of hydrogen-bond donors (Lipinski definition) is 1. The van der Waals surface area contributed by atoms with Crippen LogP contribution in [-0.4, -0.2) is 28.3 Å². The monoisotopic (exact) mass is 488 g/mol. The Morgan fingerprint density at radius 3 is 2.24 bits per heavy atom. The maximum atomic E-state index is 13.4. The Labute approximate surface area is 213 Å². The number of aromatic nitrogens is 1. The fraction of sp³-hybridized carbons (Fsp3) is 0.0645. The van der Waals surface area contributed by atoms with E-state index in [0.717, 1.165) is 0 Å². The molecular formula is C31H24N2O4. The van der Waals surface area contributed by atoms with Gasteiger partial charge in [0.25, 0.3) is 5.56 Å². The van der Waals surface area contributed by atoms with Crippen molar-refractivity contribution < 1.29 is 14.6 Å². The number of hydrogen-bond acceptors (Lipinski definition) is 5. The van der Waals surface area contributed by atoms with E-state index >= 15 is 0 Å². The van der Waals surface area contributed by atoms with Gasteiger partial charge in [0.05, 0.1) is 23.5 Å². The van der Waals surface area contributed by atoms with Crippen molar-refractivity contribution >= 4 is 28.5 Å². The van der Waals surface area contributed by atoms with Crippen LogP contribution in [0.5, 0.6) is 11.6 Å². The quantitative estimate of drug-likeness (QED) is 0.222. The topological polar surface area (TPSA) is 80.9 Å². The summed E-state index contributed by atoms with van der Waals surface area (Å²) in [6.07, 6.45) is 1.50. The van der Waals surface area contributed by atoms with E-state index in [1.807, 2.05) is 25.1 Å². The first-order valence-electron chi connectivity index (χ1n) is 11.9. The molecule has 0 spiro atoms. The van der Waals surface area contributed by atoms with Crippen LogP contribution in [0.15, 0.2) is 113 Å². The summed E-state index contributed by atoms with van der Waals surface area (Å²) >= 11 is 0. The van der Waals surface area contributed by atoms with E-state index in [-0.39, 0.29) is 17.2 Å². The second-order valence-corrected chi connectivity index (χ2v) is 8.32. The molecule has 1 heterocycles. The third-order valence-electron chi connectivity index (χ3n) is 6.03. The Kier molecular flexibility index (Phi) is 6.64. The van der Waals surface area contributed by atoms with Gasteiger partial charge in [-0.15, -0.1) is 0 Å². The van der Waals surface area contributed by atoms with Crippen LogP contribution in [0.1, 0.15) is 28.4 Å². The van der Waals surface area contributed by atoms with Gasteiger partial charge in [-0.05, 0) is 49.4 Å². The predicted octanol–water partition coefficient (Wildman–Crippen LogP) is 6.08. The fourth-order valence-electron chi connectivity index (χ4n) is 4.24. The number of aromatic hydroxyl groups is 1. The van der Waals surface area contributed by atoms with Crippen LogP contribution in [0.2, 0.25) is 0 Å². The highest BCUT2D eigenvalue weighted by Crippen LogP contribution is 2.28. The highest BCUT2D eigenvalue weighted by Gasteiger charge is 2.17. The number of carbonyl (C=O) groups is 1. The largest absolute Gasteiger partial charge is 0.494 e. The minimum absolute atomic E-state index is 0.151. The van der Waals surface area contributed by atoms with E-state index in [9.17, 15) is 14.7 Å². The summed E-state index contributed by atoms with van der Waals surface area (Å²) in [6.45, 7) is 2.42. The van der Waals surface area contributed by atoms with Crippen LogP contribution in [0.4, 0.5) is 5.69 Å². The first-order chi connectivity index (χ1) is 18.1. The van der Waals surface area contributed by atoms with Crippen LogP contribution in [0, 0.1) is 0 Å². The van der Waals surface area contributed by atoms with Gasteiger partial charge in [0.15, 0.2) is 5.78 Å². The Balaban J connectivity index is 1.64. The van der Waals surface area contributed by atoms with Crippen molar-refractivity contribution in [1.29, 1.82) is 0 Å². The summed E-state index contributed by atoms with van der Waals surface area (Å²) in [4.78, 5) is 31.1. The van der Waals surface area contributed by atoms with Crippen molar-refractivity contribution in [3.63, 3.8) is 0 Å². The van der Waals surface area contributed by atoms with Crippen molar-refractivity contribution in [2.24, 2.45) is 4.99 Å². The standard InChI is InChI=1S/C31H24N2O4/c1-2-37-23-18-16-22(17-19-23)33-30(35)25-13-7-6-12-24(25)27(31(33)36)20-32-28-15-9-8-14-26(28)29(34)21-10-4-3-5-11-21/h3-20,36H,2H2,1H3. The van der Waals surface area contributed by atoms with Crippen LogP contribution < -0.4 is 10.3 Å². The smallest absolute Gasteiger partial charge is 0.265 e. The Hall–Kier alpha value is -4.97. The molecule has 37 heavy (non-hydrogen) atoms. The minimum Gasteiger partial charge on any atom is -0.494 e. The highest BCUT2D eigenvalue weighted by molar-refractivity contribution is 6.12. The lowest BCUT2D eigenvalue weighted by Gasteiger charge is -2.14. The van der Waals surface area contributed by atoms with Gasteiger partial charge in [-0.1, -0.05) is 60.7 Å². The molecule has 0 aliphatic carbocycles. The lowest BCUT2D eigenvalue weighted by molar-refractivity contribution is 0.103. The number of pyridine rings is 1. The van der Waals surface area contributed by atoms with Gasteiger partial charge in [-0.2, -0.15) is 0 Å². The SMILES string of the molecule is CCOc1ccc(-n2c(O)c(C=Nc3ccccc3C(=O)c3ccccc3)c3ccccc3c2=O)cc1. The molecule has 0 fully saturated rings. The van der Waals surface area contributed by atoms with Crippen LogP contribution in [0.3, 0.4) is 0 Å². The summed E-state index contributed by atoms with van der Waals surface area (Å²) < 4.78 is 6.75. The second kappa shape index (κ2) is 10.3. The Bertz CT molecular complexity index is 1670. The number of aliphatic imine (C=N–C) groups is 1. The third-order valence-corrected chi connectivity index (χ3v) is 6.03. The molecule has 182 valence electrons. The maximum absolute atomic E-state index is 13.4. The van der Waals surface area contributed by atoms with E-state index in [1.165, 1.54) is 10.8 Å². The molecule has 0 aliphatic rings. The molecule has 6 heteroatoms. The van der Waals surface area contributed by atoms with Gasteiger partial charge in [0.2, 0.25) is 5.88 Å². The minimum atomic E-state index is -0.353. The summed E-state index contributed by atoms with van der Waals surface area (Å²) in [7, 11) is 0. The van der Waals surface area contributed by atoms with Gasteiger partial charge >= 0.3 is 0 Å². The van der Waals surface area contributed by atoms with Crippen LogP contribution in [0.25, 0.3) is 16.5 Å². The third kappa shape index (κ3) is 4.65. The molecule has 5 aromatic rings. The van der Waals surface area contributed by atoms with Gasteiger partial charge in [-0.25, -0.2) is 4.57 Å². The van der Waals surface area contributed by atoms with Crippen molar-refractivity contribution in [3.8, 4) is 17.3 Å². The molecular weight excluding hydrogens is 464 g/mol. The van der Waals surface area contributed by atoms with E-state index < -0.39 is 0 Å². The lowest BCUT2D eigenvalue weighted by Crippen LogP contribution is -2.20. The molecule has 1 aromatic heterocycles. The normalized spacial score (nSPS) is 11.2. The molecule has 0 saturated carbocycles. The zero-order valence-electron chi connectivity index (χ0n) is 20.2. The molecule has 0 saturated heterocycles. The highest BCUT2D eigenvalue weighted by atomic mass is 16.5. The lowest BCUT2D eigenvalue weighted by atomic mass is 10.0. The first-order valence-corrected chi connectivity index (χ1v) is 11.9. The number of fused-ring (bicyclic) bond motifs is 1. The number of ketones is 1. The Morgan fingerprint density at radius 1 is 0.865 bits per heavy atom. The zero-order valence-corrected chi connectivity index (χ0v) is 20.2. The molecule has 5 rings (SSSR count). The summed E-state index contributed by atoms with van der Waals surface area (Å²) in [6, 6.07) is 30.0. The molecule has 1 N–H and O–H groups in total. The first kappa shape index (κ1) is 23.8. The summed E-state index contributed by atoms with van der Waals surface area (Å²) in [5.74, 6) is 0.270. The average Bonchev–Trinajstić information content (AvgIpc) is 2.94. The van der Waals surface area contributed by atoms with Gasteiger partial charge < -0.3 is 9.84 Å². The molecule has 0 amide bonds. The second-order valence-electron chi connectivity index (χ2n) is 8.32. The van der Waals surface area contributed by atoms with Crippen molar-refractivity contribution in [1.82, 2.24) is 4.57 Å². The number of para-hydroxylation sites is 1. The molecule has 0 radical (unpaired) electrons. The summed E-state index contributed by atoms with van der Waals surface area (Å²) in [5.41, 5.74) is 1.96. The number of benzene rings is 4. The number of nitrogens with zero attached hydrogens (tertiary/aromatic N) is 2. The Morgan fingerprint density at radius 2 is 1.51 bits per heavy atom. The summed E-state index contributed by atoms with van der Waals surface area (Å²) in [5, 5.41) is 12.3. The van der Waals surface area contributed by atoms with Gasteiger partial charge in [0, 0.05) is 28.1 Å². The van der Waals surface area contributed by atoms with Gasteiger partial charge in [-0.3, -0.25) is 14.6 Å².